The van der Waals surface area contributed by atoms with Gasteiger partial charge in [0.05, 0.1) is 29.8 Å². The van der Waals surface area contributed by atoms with Crippen LogP contribution in [0.3, 0.4) is 0 Å². The minimum atomic E-state index is -0.299. The highest BCUT2D eigenvalue weighted by Crippen LogP contribution is 2.34. The van der Waals surface area contributed by atoms with E-state index in [0.717, 1.165) is 53.2 Å². The number of amides is 1. The number of aromatic amines is 1. The van der Waals surface area contributed by atoms with Crippen LogP contribution < -0.4 is 15.1 Å². The summed E-state index contributed by atoms with van der Waals surface area (Å²) in [6.07, 6.45) is 3.00. The quantitative estimate of drug-likeness (QED) is 0.412. The minimum absolute atomic E-state index is 0.198. The summed E-state index contributed by atoms with van der Waals surface area (Å²) in [4.78, 5) is 22.1. The zero-order valence-electron chi connectivity index (χ0n) is 21.8. The van der Waals surface area contributed by atoms with Crippen LogP contribution in [0.15, 0.2) is 47.8 Å². The molecule has 1 saturated heterocycles. The van der Waals surface area contributed by atoms with E-state index in [2.05, 4.69) is 53.9 Å². The number of pyridine rings is 1. The van der Waals surface area contributed by atoms with Gasteiger partial charge in [-0.15, -0.1) is 0 Å². The van der Waals surface area contributed by atoms with E-state index in [4.69, 9.17) is 4.74 Å². The third-order valence-electron chi connectivity index (χ3n) is 7.46. The normalized spacial score (nSPS) is 19.7. The Balaban J connectivity index is 1.28. The topological polar surface area (TPSA) is 130 Å². The Labute approximate surface area is 219 Å². The smallest absolute Gasteiger partial charge is 0.255 e. The third kappa shape index (κ3) is 4.06. The van der Waals surface area contributed by atoms with E-state index < -0.39 is 0 Å². The van der Waals surface area contributed by atoms with E-state index >= 15 is 0 Å². The van der Waals surface area contributed by atoms with Crippen molar-refractivity contribution in [3.63, 3.8) is 0 Å². The van der Waals surface area contributed by atoms with Gasteiger partial charge in [0.25, 0.3) is 5.91 Å². The molecule has 5 heterocycles. The van der Waals surface area contributed by atoms with Gasteiger partial charge in [0, 0.05) is 48.7 Å². The summed E-state index contributed by atoms with van der Waals surface area (Å²) in [5.74, 6) is 1.32. The Morgan fingerprint density at radius 3 is 2.97 bits per heavy atom. The van der Waals surface area contributed by atoms with E-state index in [0.29, 0.717) is 23.8 Å². The molecule has 2 atom stereocenters. The number of ether oxygens (including phenoxy) is 1. The van der Waals surface area contributed by atoms with Gasteiger partial charge < -0.3 is 19.9 Å². The van der Waals surface area contributed by atoms with Crippen molar-refractivity contribution in [2.45, 2.75) is 39.3 Å². The molecule has 6 rings (SSSR count). The number of aromatic nitrogens is 7. The molecule has 0 spiro atoms. The van der Waals surface area contributed by atoms with Crippen molar-refractivity contribution in [2.24, 2.45) is 0 Å². The van der Waals surface area contributed by atoms with Gasteiger partial charge in [-0.3, -0.25) is 9.89 Å². The third-order valence-corrected chi connectivity index (χ3v) is 7.46. The van der Waals surface area contributed by atoms with Crippen LogP contribution in [-0.2, 0) is 9.53 Å². The fraction of sp³-hybridized carbons (Fsp3) is 0.385. The molecule has 1 amide bonds. The van der Waals surface area contributed by atoms with Crippen LogP contribution >= 0.6 is 0 Å². The summed E-state index contributed by atoms with van der Waals surface area (Å²) in [7, 11) is 1.85. The molecule has 2 N–H and O–H groups in total. The monoisotopic (exact) mass is 514 g/mol. The molecule has 2 aliphatic heterocycles. The maximum atomic E-state index is 13.4. The molecule has 3 aromatic heterocycles. The van der Waals surface area contributed by atoms with E-state index in [1.165, 1.54) is 0 Å². The second kappa shape index (κ2) is 9.53. The van der Waals surface area contributed by atoms with Crippen LogP contribution in [0.2, 0.25) is 0 Å². The fourth-order valence-corrected chi connectivity index (χ4v) is 5.19. The number of anilines is 3. The number of allylic oxidation sites excluding steroid dienone is 1. The largest absolute Gasteiger partial charge is 0.375 e. The molecule has 12 nitrogen and oxygen atoms in total. The van der Waals surface area contributed by atoms with Crippen molar-refractivity contribution in [3.8, 4) is 11.3 Å². The van der Waals surface area contributed by atoms with E-state index in [9.17, 15) is 4.79 Å². The van der Waals surface area contributed by atoms with Crippen molar-refractivity contribution in [1.82, 2.24) is 35.4 Å². The Morgan fingerprint density at radius 1 is 1.26 bits per heavy atom. The zero-order chi connectivity index (χ0) is 26.4. The molecule has 0 unspecified atom stereocenters. The Hall–Kier alpha value is -4.32. The lowest BCUT2D eigenvalue weighted by molar-refractivity contribution is -0.113. The summed E-state index contributed by atoms with van der Waals surface area (Å²) in [5, 5.41) is 23.6. The van der Waals surface area contributed by atoms with Crippen LogP contribution in [0, 0.1) is 0 Å². The number of H-pyrrole nitrogens is 1. The number of benzene rings is 1. The molecule has 196 valence electrons. The van der Waals surface area contributed by atoms with Crippen LogP contribution in [0.5, 0.6) is 0 Å². The lowest BCUT2D eigenvalue weighted by Crippen LogP contribution is -2.42. The molecule has 1 fully saturated rings. The number of rotatable bonds is 5. The summed E-state index contributed by atoms with van der Waals surface area (Å²) >= 11 is 0. The number of carbonyl (C=O) groups excluding carboxylic acids is 1. The highest BCUT2D eigenvalue weighted by Gasteiger charge is 2.32. The average Bonchev–Trinajstić information content (AvgIpc) is 3.60. The summed E-state index contributed by atoms with van der Waals surface area (Å²) in [5.41, 5.74) is 4.73. The van der Waals surface area contributed by atoms with Crippen LogP contribution in [-0.4, -0.2) is 74.1 Å². The molecule has 38 heavy (non-hydrogen) atoms. The van der Waals surface area contributed by atoms with Gasteiger partial charge in [-0.2, -0.15) is 5.10 Å². The molecule has 0 aliphatic carbocycles. The number of carbonyl (C=O) groups is 1. The van der Waals surface area contributed by atoms with Gasteiger partial charge >= 0.3 is 0 Å². The molecule has 4 aromatic rings. The molecule has 0 saturated carbocycles. The van der Waals surface area contributed by atoms with E-state index in [-0.39, 0.29) is 18.1 Å². The number of nitrogens with one attached hydrogen (secondary N) is 2. The van der Waals surface area contributed by atoms with Gasteiger partial charge in [0.1, 0.15) is 11.5 Å². The Kier molecular flexibility index (Phi) is 6.03. The number of hydrogen-bond acceptors (Lipinski definition) is 9. The molecular weight excluding hydrogens is 484 g/mol. The molecule has 2 aliphatic rings. The van der Waals surface area contributed by atoms with Crippen molar-refractivity contribution in [2.75, 3.05) is 41.9 Å². The predicted molar refractivity (Wildman–Crippen MR) is 144 cm³/mol. The van der Waals surface area contributed by atoms with Gasteiger partial charge in [0.15, 0.2) is 0 Å². The summed E-state index contributed by atoms with van der Waals surface area (Å²) < 4.78 is 7.47. The first-order valence-corrected chi connectivity index (χ1v) is 12.8. The minimum Gasteiger partial charge on any atom is -0.375 e. The van der Waals surface area contributed by atoms with Crippen LogP contribution in [0.1, 0.15) is 33.2 Å². The van der Waals surface area contributed by atoms with Gasteiger partial charge in [0.2, 0.25) is 5.95 Å². The first-order valence-electron chi connectivity index (χ1n) is 12.8. The van der Waals surface area contributed by atoms with Crippen molar-refractivity contribution in [1.29, 1.82) is 0 Å². The number of morpholine rings is 1. The Morgan fingerprint density at radius 2 is 2.13 bits per heavy atom. The van der Waals surface area contributed by atoms with Crippen LogP contribution in [0.25, 0.3) is 22.2 Å². The molecular formula is C26H30N10O2. The average molecular weight is 515 g/mol. The van der Waals surface area contributed by atoms with Crippen molar-refractivity contribution >= 4 is 34.3 Å². The molecule has 12 heteroatoms. The second-order valence-corrected chi connectivity index (χ2v) is 9.69. The highest BCUT2D eigenvalue weighted by atomic mass is 16.5. The maximum Gasteiger partial charge on any atom is 0.255 e. The molecule has 0 radical (unpaired) electrons. The van der Waals surface area contributed by atoms with Gasteiger partial charge in [-0.1, -0.05) is 12.0 Å². The first kappa shape index (κ1) is 24.0. The zero-order valence-corrected chi connectivity index (χ0v) is 21.8. The summed E-state index contributed by atoms with van der Waals surface area (Å²) in [6, 6.07) is 9.47. The molecule has 0 bridgehead atoms. The Bertz CT molecular complexity index is 1540. The first-order chi connectivity index (χ1) is 18.4. The second-order valence-electron chi connectivity index (χ2n) is 9.69. The lowest BCUT2D eigenvalue weighted by atomic mass is 10.0. The lowest BCUT2D eigenvalue weighted by Gasteiger charge is -2.33. The van der Waals surface area contributed by atoms with Crippen LogP contribution in [0.4, 0.5) is 17.5 Å². The van der Waals surface area contributed by atoms with Crippen molar-refractivity contribution < 1.29 is 9.53 Å². The predicted octanol–water partition coefficient (Wildman–Crippen LogP) is 3.15. The molecule has 1 aromatic carbocycles. The number of fused-ring (bicyclic) bond motifs is 2. The summed E-state index contributed by atoms with van der Waals surface area (Å²) in [6.45, 7) is 8.27. The maximum absolute atomic E-state index is 13.4. The number of tetrazole rings is 1. The highest BCUT2D eigenvalue weighted by molar-refractivity contribution is 6.07. The number of nitrogens with zero attached hydrogens (tertiary/aromatic N) is 8. The SMILES string of the molecule is CC[C@@H]1CN(c2cc(-c3n[nH]c4ccc(NC(=O)C5=C(C)N(C)c6nnnn6[C@H]5C)cc34)ccn2)CCO1. The standard InChI is InChI=1S/C26H30N10O2/c1-5-19-14-35(10-11-38-19)22-12-17(8-9-27-22)24-20-13-18(6-7-21(20)29-30-24)28-25(37)23-15(2)34(4)26-31-32-33-36(26)16(23)3/h6-9,12-13,16,19H,5,10-11,14H2,1-4H3,(H,28,37)(H,29,30)/t16-,19+/m0/s1. The van der Waals surface area contributed by atoms with Gasteiger partial charge in [-0.05, 0) is 61.0 Å². The van der Waals surface area contributed by atoms with E-state index in [1.807, 2.05) is 56.3 Å². The van der Waals surface area contributed by atoms with E-state index in [1.54, 1.807) is 4.68 Å². The van der Waals surface area contributed by atoms with Gasteiger partial charge in [-0.25, -0.2) is 9.67 Å². The van der Waals surface area contributed by atoms with Crippen molar-refractivity contribution in [3.05, 3.63) is 47.8 Å². The number of hydrogen-bond donors (Lipinski definition) is 2. The fourth-order valence-electron chi connectivity index (χ4n) is 5.19.